The first-order chi connectivity index (χ1) is 30.5. The fourth-order valence-electron chi connectivity index (χ4n) is 5.92. The third-order valence-electron chi connectivity index (χ3n) is 9.61. The van der Waals surface area contributed by atoms with Crippen molar-refractivity contribution in [2.24, 2.45) is 0 Å². The van der Waals surface area contributed by atoms with Crippen LogP contribution in [0.1, 0.15) is 181 Å². The minimum Gasteiger partial charge on any atom is -0.462 e. The van der Waals surface area contributed by atoms with Gasteiger partial charge in [0.25, 0.3) is 0 Å². The normalized spacial score (nSPS) is 13.3. The standard InChI is InChI=1S/C56H86O6/c1-4-7-10-13-16-19-22-24-26-27-28-30-31-34-37-40-43-46-49-55(58)61-52-53(51-60-54(57)48-45-42-39-36-33-21-18-15-12-9-6-3)62-56(59)50-47-44-41-38-35-32-29-25-23-20-17-14-11-8-5-2/h8,11,14-30,32-33,35,53H,4-7,9-10,12-13,31,34,36-52H2,1-3H3/b11-8-,17-14-,18-15-,19-16-,23-20-,24-22-,27-26-,29-25-,30-28-,33-21-,35-32-. The molecule has 0 rings (SSSR count). The van der Waals surface area contributed by atoms with E-state index < -0.39 is 6.10 Å². The molecule has 1 unspecified atom stereocenters. The van der Waals surface area contributed by atoms with Crippen LogP contribution in [0.5, 0.6) is 0 Å². The van der Waals surface area contributed by atoms with E-state index in [1.54, 1.807) is 0 Å². The lowest BCUT2D eigenvalue weighted by molar-refractivity contribution is -0.167. The molecule has 0 aromatic rings. The second-order valence-corrected chi connectivity index (χ2v) is 15.5. The summed E-state index contributed by atoms with van der Waals surface area (Å²) >= 11 is 0. The van der Waals surface area contributed by atoms with E-state index in [4.69, 9.17) is 14.2 Å². The Morgan fingerprint density at radius 3 is 1.06 bits per heavy atom. The zero-order chi connectivity index (χ0) is 45.1. The Labute approximate surface area is 379 Å². The molecule has 6 nitrogen and oxygen atoms in total. The summed E-state index contributed by atoms with van der Waals surface area (Å²) in [7, 11) is 0. The van der Waals surface area contributed by atoms with Crippen LogP contribution in [-0.2, 0) is 28.6 Å². The van der Waals surface area contributed by atoms with E-state index in [1.165, 1.54) is 32.1 Å². The topological polar surface area (TPSA) is 78.9 Å². The molecule has 0 saturated carbocycles. The molecule has 346 valence electrons. The number of hydrogen-bond acceptors (Lipinski definition) is 6. The molecule has 0 saturated heterocycles. The van der Waals surface area contributed by atoms with E-state index in [1.807, 2.05) is 48.6 Å². The zero-order valence-corrected chi connectivity index (χ0v) is 39.3. The molecule has 6 heteroatoms. The summed E-state index contributed by atoms with van der Waals surface area (Å²) in [5.41, 5.74) is 0. The molecule has 0 amide bonds. The van der Waals surface area contributed by atoms with Crippen molar-refractivity contribution in [1.82, 2.24) is 0 Å². The minimum absolute atomic E-state index is 0.122. The Kier molecular flexibility index (Phi) is 45.7. The van der Waals surface area contributed by atoms with Gasteiger partial charge >= 0.3 is 17.9 Å². The van der Waals surface area contributed by atoms with E-state index in [0.717, 1.165) is 103 Å². The summed E-state index contributed by atoms with van der Waals surface area (Å²) in [6.07, 6.45) is 68.5. The van der Waals surface area contributed by atoms with Gasteiger partial charge in [0.05, 0.1) is 0 Å². The number of hydrogen-bond donors (Lipinski definition) is 0. The number of rotatable bonds is 41. The fraction of sp³-hybridized carbons (Fsp3) is 0.554. The maximum Gasteiger partial charge on any atom is 0.306 e. The highest BCUT2D eigenvalue weighted by molar-refractivity contribution is 5.71. The van der Waals surface area contributed by atoms with Crippen LogP contribution in [0.3, 0.4) is 0 Å². The molecule has 0 bridgehead atoms. The summed E-state index contributed by atoms with van der Waals surface area (Å²) in [5, 5.41) is 0. The van der Waals surface area contributed by atoms with Gasteiger partial charge in [0, 0.05) is 19.3 Å². The second-order valence-electron chi connectivity index (χ2n) is 15.5. The SMILES string of the molecule is CC\C=C/C=C\C=C/C=C\C=C/CCCCCC(=O)OC(COC(=O)CCCCC/C=C\C=C/CCCC)COC(=O)CCCCCCC\C=C/C=C\C=C/C=C\CCCCC. The summed E-state index contributed by atoms with van der Waals surface area (Å²) in [4.78, 5) is 37.9. The highest BCUT2D eigenvalue weighted by Crippen LogP contribution is 2.11. The molecule has 0 spiro atoms. The van der Waals surface area contributed by atoms with Crippen LogP contribution >= 0.6 is 0 Å². The molecule has 0 aliphatic heterocycles. The van der Waals surface area contributed by atoms with Crippen molar-refractivity contribution in [1.29, 1.82) is 0 Å². The van der Waals surface area contributed by atoms with Crippen molar-refractivity contribution in [3.63, 3.8) is 0 Å². The van der Waals surface area contributed by atoms with Crippen LogP contribution in [0.15, 0.2) is 134 Å². The van der Waals surface area contributed by atoms with E-state index >= 15 is 0 Å². The first-order valence-electron chi connectivity index (χ1n) is 24.3. The smallest absolute Gasteiger partial charge is 0.306 e. The van der Waals surface area contributed by atoms with Crippen LogP contribution in [0.25, 0.3) is 0 Å². The molecular formula is C56H86O6. The first-order valence-corrected chi connectivity index (χ1v) is 24.3. The molecule has 0 aromatic heterocycles. The van der Waals surface area contributed by atoms with Crippen LogP contribution in [0.2, 0.25) is 0 Å². The highest BCUT2D eigenvalue weighted by Gasteiger charge is 2.19. The predicted octanol–water partition coefficient (Wildman–Crippen LogP) is 15.9. The van der Waals surface area contributed by atoms with Gasteiger partial charge in [-0.2, -0.15) is 0 Å². The van der Waals surface area contributed by atoms with Crippen LogP contribution < -0.4 is 0 Å². The molecule has 0 radical (unpaired) electrons. The lowest BCUT2D eigenvalue weighted by atomic mass is 10.1. The summed E-state index contributed by atoms with van der Waals surface area (Å²) in [5.74, 6) is -1.03. The average Bonchev–Trinajstić information content (AvgIpc) is 3.27. The Bertz CT molecular complexity index is 1400. The fourth-order valence-corrected chi connectivity index (χ4v) is 5.92. The number of allylic oxidation sites excluding steroid dienone is 22. The average molecular weight is 855 g/mol. The van der Waals surface area contributed by atoms with E-state index in [-0.39, 0.29) is 37.5 Å². The molecule has 1 atom stereocenters. The molecule has 0 N–H and O–H groups in total. The minimum atomic E-state index is -0.825. The van der Waals surface area contributed by atoms with Gasteiger partial charge in [0.15, 0.2) is 6.10 Å². The van der Waals surface area contributed by atoms with Gasteiger partial charge in [-0.1, -0.05) is 212 Å². The molecule has 0 aliphatic carbocycles. The maximum atomic E-state index is 12.8. The van der Waals surface area contributed by atoms with Crippen molar-refractivity contribution in [3.05, 3.63) is 134 Å². The van der Waals surface area contributed by atoms with Crippen LogP contribution in [-0.4, -0.2) is 37.2 Å². The summed E-state index contributed by atoms with van der Waals surface area (Å²) in [6, 6.07) is 0. The monoisotopic (exact) mass is 855 g/mol. The summed E-state index contributed by atoms with van der Waals surface area (Å²) < 4.78 is 16.7. The Balaban J connectivity index is 4.57. The number of carbonyl (C=O) groups is 3. The van der Waals surface area contributed by atoms with Crippen molar-refractivity contribution in [2.45, 2.75) is 187 Å². The Morgan fingerprint density at radius 1 is 0.339 bits per heavy atom. The van der Waals surface area contributed by atoms with Crippen LogP contribution in [0.4, 0.5) is 0 Å². The molecule has 62 heavy (non-hydrogen) atoms. The van der Waals surface area contributed by atoms with Gasteiger partial charge in [-0.05, 0) is 83.5 Å². The van der Waals surface area contributed by atoms with Gasteiger partial charge < -0.3 is 14.2 Å². The molecule has 0 fully saturated rings. The van der Waals surface area contributed by atoms with Crippen molar-refractivity contribution in [2.75, 3.05) is 13.2 Å². The molecule has 0 aliphatic rings. The molecule has 0 heterocycles. The van der Waals surface area contributed by atoms with E-state index in [9.17, 15) is 14.4 Å². The maximum absolute atomic E-state index is 12.8. The number of esters is 3. The van der Waals surface area contributed by atoms with E-state index in [2.05, 4.69) is 106 Å². The van der Waals surface area contributed by atoms with Crippen LogP contribution in [0, 0.1) is 0 Å². The quantitative estimate of drug-likeness (QED) is 0.0264. The van der Waals surface area contributed by atoms with Gasteiger partial charge in [-0.15, -0.1) is 0 Å². The highest BCUT2D eigenvalue weighted by atomic mass is 16.6. The van der Waals surface area contributed by atoms with Gasteiger partial charge in [0.2, 0.25) is 0 Å². The summed E-state index contributed by atoms with van der Waals surface area (Å²) in [6.45, 7) is 6.29. The van der Waals surface area contributed by atoms with E-state index in [0.29, 0.717) is 19.3 Å². The number of carbonyl (C=O) groups excluding carboxylic acids is 3. The third-order valence-corrected chi connectivity index (χ3v) is 9.61. The molecular weight excluding hydrogens is 769 g/mol. The number of ether oxygens (including phenoxy) is 3. The Morgan fingerprint density at radius 2 is 0.645 bits per heavy atom. The Hall–Kier alpha value is -4.45. The first kappa shape index (κ1) is 57.5. The van der Waals surface area contributed by atoms with Gasteiger partial charge in [-0.3, -0.25) is 14.4 Å². The largest absolute Gasteiger partial charge is 0.462 e. The lowest BCUT2D eigenvalue weighted by Crippen LogP contribution is -2.30. The lowest BCUT2D eigenvalue weighted by Gasteiger charge is -2.18. The molecule has 0 aromatic carbocycles. The van der Waals surface area contributed by atoms with Crippen molar-refractivity contribution >= 4 is 17.9 Å². The second kappa shape index (κ2) is 49.2. The van der Waals surface area contributed by atoms with Crippen molar-refractivity contribution < 1.29 is 28.6 Å². The zero-order valence-electron chi connectivity index (χ0n) is 39.3. The van der Waals surface area contributed by atoms with Gasteiger partial charge in [-0.25, -0.2) is 0 Å². The third kappa shape index (κ3) is 46.6. The van der Waals surface area contributed by atoms with Gasteiger partial charge in [0.1, 0.15) is 13.2 Å². The van der Waals surface area contributed by atoms with Crippen molar-refractivity contribution in [3.8, 4) is 0 Å². The number of unbranched alkanes of at least 4 members (excludes halogenated alkanes) is 16. The predicted molar refractivity (Wildman–Crippen MR) is 265 cm³/mol.